The van der Waals surface area contributed by atoms with Crippen molar-refractivity contribution < 1.29 is 5.11 Å². The SMILES string of the molecule is CC(C)(C)c1cc(/C=C/c2ccsc2)cc(C(C)(C)C)c1O. The lowest BCUT2D eigenvalue weighted by Crippen LogP contribution is -2.17. The van der Waals surface area contributed by atoms with E-state index in [9.17, 15) is 5.11 Å². The molecule has 0 unspecified atom stereocenters. The first-order valence-corrected chi connectivity index (χ1v) is 8.61. The first kappa shape index (κ1) is 16.8. The monoisotopic (exact) mass is 314 g/mol. The van der Waals surface area contributed by atoms with Crippen LogP contribution in [0.25, 0.3) is 12.2 Å². The fourth-order valence-electron chi connectivity index (χ4n) is 2.46. The first-order chi connectivity index (χ1) is 10.1. The highest BCUT2D eigenvalue weighted by Gasteiger charge is 2.26. The van der Waals surface area contributed by atoms with Crippen LogP contribution in [0.5, 0.6) is 5.75 Å². The zero-order valence-corrected chi connectivity index (χ0v) is 15.2. The highest BCUT2D eigenvalue weighted by molar-refractivity contribution is 7.08. The number of aromatic hydroxyl groups is 1. The van der Waals surface area contributed by atoms with E-state index in [1.54, 1.807) is 11.3 Å². The second kappa shape index (κ2) is 5.92. The van der Waals surface area contributed by atoms with Crippen LogP contribution in [-0.4, -0.2) is 5.11 Å². The average molecular weight is 314 g/mol. The van der Waals surface area contributed by atoms with E-state index in [1.807, 2.05) is 0 Å². The maximum Gasteiger partial charge on any atom is 0.123 e. The second-order valence-corrected chi connectivity index (χ2v) is 8.63. The van der Waals surface area contributed by atoms with Crippen LogP contribution in [-0.2, 0) is 10.8 Å². The molecule has 2 rings (SSSR count). The topological polar surface area (TPSA) is 20.2 Å². The van der Waals surface area contributed by atoms with E-state index in [0.717, 1.165) is 16.7 Å². The van der Waals surface area contributed by atoms with Gasteiger partial charge in [0.25, 0.3) is 0 Å². The molecule has 0 saturated heterocycles. The van der Waals surface area contributed by atoms with Gasteiger partial charge in [-0.05, 0) is 50.9 Å². The molecule has 22 heavy (non-hydrogen) atoms. The number of benzene rings is 1. The van der Waals surface area contributed by atoms with Crippen LogP contribution >= 0.6 is 11.3 Å². The summed E-state index contributed by atoms with van der Waals surface area (Å²) in [5, 5.41) is 14.9. The Labute approximate surface area is 138 Å². The third kappa shape index (κ3) is 3.80. The van der Waals surface area contributed by atoms with E-state index >= 15 is 0 Å². The van der Waals surface area contributed by atoms with Crippen LogP contribution in [0, 0.1) is 0 Å². The molecule has 0 amide bonds. The Morgan fingerprint density at radius 3 is 1.77 bits per heavy atom. The van der Waals surface area contributed by atoms with Crippen molar-refractivity contribution in [3.63, 3.8) is 0 Å². The Balaban J connectivity index is 2.55. The van der Waals surface area contributed by atoms with Crippen molar-refractivity contribution in [1.29, 1.82) is 0 Å². The van der Waals surface area contributed by atoms with Gasteiger partial charge in [-0.15, -0.1) is 0 Å². The van der Waals surface area contributed by atoms with Crippen molar-refractivity contribution in [2.24, 2.45) is 0 Å². The summed E-state index contributed by atoms with van der Waals surface area (Å²) in [7, 11) is 0. The molecule has 1 aromatic carbocycles. The summed E-state index contributed by atoms with van der Waals surface area (Å²) < 4.78 is 0. The number of thiophene rings is 1. The van der Waals surface area contributed by atoms with E-state index in [4.69, 9.17) is 0 Å². The molecule has 118 valence electrons. The quantitative estimate of drug-likeness (QED) is 0.697. The summed E-state index contributed by atoms with van der Waals surface area (Å²) in [6, 6.07) is 6.32. The van der Waals surface area contributed by atoms with Crippen LogP contribution in [0.3, 0.4) is 0 Å². The van der Waals surface area contributed by atoms with Gasteiger partial charge >= 0.3 is 0 Å². The summed E-state index contributed by atoms with van der Waals surface area (Å²) in [5.41, 5.74) is 4.19. The van der Waals surface area contributed by atoms with Gasteiger partial charge in [-0.3, -0.25) is 0 Å². The summed E-state index contributed by atoms with van der Waals surface area (Å²) in [6.07, 6.45) is 4.26. The third-order valence-corrected chi connectivity index (χ3v) is 4.46. The number of rotatable bonds is 2. The van der Waals surface area contributed by atoms with Crippen LogP contribution in [0.1, 0.15) is 63.8 Å². The number of phenolic OH excluding ortho intramolecular Hbond substituents is 1. The zero-order valence-electron chi connectivity index (χ0n) is 14.4. The van der Waals surface area contributed by atoms with E-state index in [0.29, 0.717) is 5.75 Å². The van der Waals surface area contributed by atoms with Crippen LogP contribution in [0.15, 0.2) is 29.0 Å². The summed E-state index contributed by atoms with van der Waals surface area (Å²) in [4.78, 5) is 0. The number of phenols is 1. The van der Waals surface area contributed by atoms with Gasteiger partial charge in [-0.1, -0.05) is 53.7 Å². The number of hydrogen-bond acceptors (Lipinski definition) is 2. The minimum atomic E-state index is -0.0870. The molecule has 1 nitrogen and oxygen atoms in total. The standard InChI is InChI=1S/C20H26OS/c1-19(2,3)16-11-15(8-7-14-9-10-22-13-14)12-17(18(16)21)20(4,5)6/h7-13,21H,1-6H3/b8-7+. The highest BCUT2D eigenvalue weighted by atomic mass is 32.1. The molecular formula is C20H26OS. The van der Waals surface area contributed by atoms with Crippen molar-refractivity contribution >= 4 is 23.5 Å². The third-order valence-electron chi connectivity index (χ3n) is 3.76. The molecule has 2 heteroatoms. The van der Waals surface area contributed by atoms with Gasteiger partial charge in [0.1, 0.15) is 5.75 Å². The van der Waals surface area contributed by atoms with Gasteiger partial charge in [0.05, 0.1) is 0 Å². The van der Waals surface area contributed by atoms with Gasteiger partial charge in [-0.2, -0.15) is 11.3 Å². The van der Waals surface area contributed by atoms with Crippen molar-refractivity contribution in [3.05, 3.63) is 51.2 Å². The van der Waals surface area contributed by atoms with Crippen LogP contribution < -0.4 is 0 Å². The second-order valence-electron chi connectivity index (χ2n) is 7.85. The van der Waals surface area contributed by atoms with Gasteiger partial charge in [0.2, 0.25) is 0 Å². The van der Waals surface area contributed by atoms with E-state index in [2.05, 4.69) is 82.7 Å². The molecule has 1 heterocycles. The molecular weight excluding hydrogens is 288 g/mol. The van der Waals surface area contributed by atoms with Crippen LogP contribution in [0.2, 0.25) is 0 Å². The Morgan fingerprint density at radius 1 is 0.864 bits per heavy atom. The lowest BCUT2D eigenvalue weighted by molar-refractivity contribution is 0.423. The molecule has 2 aromatic rings. The first-order valence-electron chi connectivity index (χ1n) is 7.67. The minimum absolute atomic E-state index is 0.0870. The molecule has 1 N–H and O–H groups in total. The summed E-state index contributed by atoms with van der Waals surface area (Å²) >= 11 is 1.70. The van der Waals surface area contributed by atoms with Crippen molar-refractivity contribution in [2.75, 3.05) is 0 Å². The summed E-state index contributed by atoms with van der Waals surface area (Å²) in [5.74, 6) is 0.438. The summed E-state index contributed by atoms with van der Waals surface area (Å²) in [6.45, 7) is 12.8. The van der Waals surface area contributed by atoms with Gasteiger partial charge in [-0.25, -0.2) is 0 Å². The van der Waals surface area contributed by atoms with Gasteiger partial charge < -0.3 is 5.11 Å². The molecule has 0 aliphatic carbocycles. The lowest BCUT2D eigenvalue weighted by Gasteiger charge is -2.27. The molecule has 0 aliphatic rings. The average Bonchev–Trinajstić information content (AvgIpc) is 2.87. The van der Waals surface area contributed by atoms with Crippen LogP contribution in [0.4, 0.5) is 0 Å². The Morgan fingerprint density at radius 2 is 1.36 bits per heavy atom. The Hall–Kier alpha value is -1.54. The molecule has 0 aliphatic heterocycles. The van der Waals surface area contributed by atoms with Gasteiger partial charge in [0, 0.05) is 11.1 Å². The Bertz CT molecular complexity index is 630. The molecule has 0 fully saturated rings. The smallest absolute Gasteiger partial charge is 0.123 e. The minimum Gasteiger partial charge on any atom is -0.507 e. The molecule has 1 aromatic heterocycles. The van der Waals surface area contributed by atoms with Crippen molar-refractivity contribution in [1.82, 2.24) is 0 Å². The predicted molar refractivity (Wildman–Crippen MR) is 98.8 cm³/mol. The van der Waals surface area contributed by atoms with Crippen molar-refractivity contribution in [3.8, 4) is 5.75 Å². The van der Waals surface area contributed by atoms with Gasteiger partial charge in [0.15, 0.2) is 0 Å². The van der Waals surface area contributed by atoms with E-state index < -0.39 is 0 Å². The molecule has 0 saturated carbocycles. The highest BCUT2D eigenvalue weighted by Crippen LogP contribution is 2.40. The molecule has 0 radical (unpaired) electrons. The number of hydrogen-bond donors (Lipinski definition) is 1. The zero-order chi connectivity index (χ0) is 16.5. The molecule has 0 bridgehead atoms. The maximum atomic E-state index is 10.7. The van der Waals surface area contributed by atoms with Crippen molar-refractivity contribution in [2.45, 2.75) is 52.4 Å². The molecule has 0 spiro atoms. The lowest BCUT2D eigenvalue weighted by atomic mass is 9.78. The largest absolute Gasteiger partial charge is 0.507 e. The van der Waals surface area contributed by atoms with E-state index in [1.165, 1.54) is 5.56 Å². The fourth-order valence-corrected chi connectivity index (χ4v) is 3.09. The fraction of sp³-hybridized carbons (Fsp3) is 0.400. The molecule has 0 atom stereocenters. The van der Waals surface area contributed by atoms with E-state index in [-0.39, 0.29) is 10.8 Å². The Kier molecular flexibility index (Phi) is 4.53. The normalized spacial score (nSPS) is 13.0. The maximum absolute atomic E-state index is 10.7. The predicted octanol–water partition coefficient (Wildman–Crippen LogP) is 6.22.